The van der Waals surface area contributed by atoms with Gasteiger partial charge in [0.2, 0.25) is 0 Å². The first-order valence-electron chi connectivity index (χ1n) is 6.42. The molecule has 0 radical (unpaired) electrons. The molecule has 1 atom stereocenters. The number of rotatable bonds is 2. The smallest absolute Gasteiger partial charge is 0.164 e. The number of aromatic nitrogens is 3. The van der Waals surface area contributed by atoms with E-state index in [4.69, 9.17) is 23.2 Å². The summed E-state index contributed by atoms with van der Waals surface area (Å²) in [7, 11) is 0. The van der Waals surface area contributed by atoms with Crippen LogP contribution in [0.5, 0.6) is 0 Å². The Hall–Kier alpha value is -1.65. The van der Waals surface area contributed by atoms with Crippen LogP contribution in [-0.2, 0) is 0 Å². The summed E-state index contributed by atoms with van der Waals surface area (Å²) in [4.78, 5) is 8.95. The Morgan fingerprint density at radius 3 is 2.71 bits per heavy atom. The van der Waals surface area contributed by atoms with Crippen molar-refractivity contribution in [2.75, 3.05) is 0 Å². The lowest BCUT2D eigenvalue weighted by atomic mass is 10.3. The topological polar surface area (TPSA) is 30.7 Å². The number of benzene rings is 1. The Balaban J connectivity index is 2.33. The highest BCUT2D eigenvalue weighted by atomic mass is 35.5. The number of nitrogens with zero attached hydrogens (tertiary/aromatic N) is 3. The van der Waals surface area contributed by atoms with E-state index in [0.29, 0.717) is 17.2 Å². The lowest BCUT2D eigenvalue weighted by Gasteiger charge is -2.10. The van der Waals surface area contributed by atoms with Crippen LogP contribution in [0.15, 0.2) is 30.5 Å². The molecule has 6 heteroatoms. The highest BCUT2D eigenvalue weighted by molar-refractivity contribution is 6.30. The predicted molar refractivity (Wildman–Crippen MR) is 82.8 cm³/mol. The maximum absolute atomic E-state index is 13.4. The van der Waals surface area contributed by atoms with Crippen molar-refractivity contribution in [2.45, 2.75) is 19.2 Å². The fourth-order valence-corrected chi connectivity index (χ4v) is 2.55. The van der Waals surface area contributed by atoms with Gasteiger partial charge in [0, 0.05) is 6.20 Å². The van der Waals surface area contributed by atoms with Gasteiger partial charge in [0.25, 0.3) is 0 Å². The summed E-state index contributed by atoms with van der Waals surface area (Å²) in [5.41, 5.74) is 3.12. The van der Waals surface area contributed by atoms with E-state index in [0.717, 1.165) is 11.1 Å². The van der Waals surface area contributed by atoms with Gasteiger partial charge in [-0.2, -0.15) is 0 Å². The zero-order valence-electron chi connectivity index (χ0n) is 11.4. The summed E-state index contributed by atoms with van der Waals surface area (Å²) >= 11 is 12.1. The highest BCUT2D eigenvalue weighted by Gasteiger charge is 2.18. The number of hydrogen-bond donors (Lipinski definition) is 0. The minimum absolute atomic E-state index is 0.0506. The van der Waals surface area contributed by atoms with Gasteiger partial charge in [0.1, 0.15) is 17.2 Å². The number of aryl methyl sites for hydroxylation is 1. The number of imidazole rings is 1. The van der Waals surface area contributed by atoms with Gasteiger partial charge in [-0.1, -0.05) is 11.6 Å². The molecule has 0 amide bonds. The molecule has 21 heavy (non-hydrogen) atoms. The Bertz CT molecular complexity index is 827. The lowest BCUT2D eigenvalue weighted by Crippen LogP contribution is -2.03. The summed E-state index contributed by atoms with van der Waals surface area (Å²) < 4.78 is 15.2. The fourth-order valence-electron chi connectivity index (χ4n) is 2.23. The summed E-state index contributed by atoms with van der Waals surface area (Å²) in [5, 5.41) is -0.266. The normalized spacial score (nSPS) is 12.8. The van der Waals surface area contributed by atoms with Crippen molar-refractivity contribution in [2.24, 2.45) is 0 Å². The molecule has 1 aromatic carbocycles. The molecule has 2 heterocycles. The minimum atomic E-state index is -0.464. The zero-order valence-corrected chi connectivity index (χ0v) is 13.0. The van der Waals surface area contributed by atoms with Crippen LogP contribution >= 0.6 is 23.2 Å². The SMILES string of the molecule is Cc1cnc2c(c1)nc(C(C)Cl)n2-c1ccc(F)c(Cl)c1. The quantitative estimate of drug-likeness (QED) is 0.633. The lowest BCUT2D eigenvalue weighted by molar-refractivity contribution is 0.627. The van der Waals surface area contributed by atoms with E-state index in [9.17, 15) is 4.39 Å². The Morgan fingerprint density at radius 1 is 1.29 bits per heavy atom. The molecule has 0 aliphatic heterocycles. The fraction of sp³-hybridized carbons (Fsp3) is 0.200. The minimum Gasteiger partial charge on any atom is -0.279 e. The molecule has 108 valence electrons. The third kappa shape index (κ3) is 2.49. The van der Waals surface area contributed by atoms with Crippen LogP contribution in [0, 0.1) is 12.7 Å². The largest absolute Gasteiger partial charge is 0.279 e. The van der Waals surface area contributed by atoms with Crippen LogP contribution in [0.1, 0.15) is 23.7 Å². The van der Waals surface area contributed by atoms with Crippen LogP contribution in [0.25, 0.3) is 16.9 Å². The van der Waals surface area contributed by atoms with Gasteiger partial charge < -0.3 is 0 Å². The van der Waals surface area contributed by atoms with E-state index in [2.05, 4.69) is 9.97 Å². The first-order valence-corrected chi connectivity index (χ1v) is 7.23. The van der Waals surface area contributed by atoms with Crippen molar-refractivity contribution in [3.63, 3.8) is 0 Å². The van der Waals surface area contributed by atoms with Gasteiger partial charge in [0.05, 0.1) is 16.1 Å². The number of hydrogen-bond acceptors (Lipinski definition) is 2. The average Bonchev–Trinajstić information content (AvgIpc) is 2.80. The summed E-state index contributed by atoms with van der Waals surface area (Å²) in [6.07, 6.45) is 1.76. The Kier molecular flexibility index (Phi) is 3.59. The molecular weight excluding hydrogens is 312 g/mol. The van der Waals surface area contributed by atoms with Crippen molar-refractivity contribution < 1.29 is 4.39 Å². The second kappa shape index (κ2) is 5.28. The Labute approximate surface area is 131 Å². The monoisotopic (exact) mass is 323 g/mol. The number of pyridine rings is 1. The van der Waals surface area contributed by atoms with E-state index >= 15 is 0 Å². The van der Waals surface area contributed by atoms with Crippen LogP contribution < -0.4 is 0 Å². The van der Waals surface area contributed by atoms with E-state index in [1.54, 1.807) is 22.9 Å². The van der Waals surface area contributed by atoms with E-state index < -0.39 is 5.82 Å². The van der Waals surface area contributed by atoms with Gasteiger partial charge >= 0.3 is 0 Å². The predicted octanol–water partition coefficient (Wildman–Crippen LogP) is 4.82. The maximum Gasteiger partial charge on any atom is 0.164 e. The average molecular weight is 324 g/mol. The van der Waals surface area contributed by atoms with Crippen LogP contribution in [-0.4, -0.2) is 14.5 Å². The van der Waals surface area contributed by atoms with Gasteiger partial charge in [-0.15, -0.1) is 11.6 Å². The van der Waals surface area contributed by atoms with Gasteiger partial charge in [0.15, 0.2) is 5.65 Å². The molecule has 2 aromatic heterocycles. The third-order valence-electron chi connectivity index (χ3n) is 3.18. The Morgan fingerprint density at radius 2 is 2.05 bits per heavy atom. The molecule has 0 aliphatic rings. The molecule has 3 rings (SSSR count). The standard InChI is InChI=1S/C15H12Cl2FN3/c1-8-5-13-15(19-7-8)21(14(20-13)9(2)16)10-3-4-12(18)11(17)6-10/h3-7,9H,1-2H3. The molecule has 0 spiro atoms. The van der Waals surface area contributed by atoms with Crippen molar-refractivity contribution in [1.82, 2.24) is 14.5 Å². The van der Waals surface area contributed by atoms with E-state index in [1.807, 2.05) is 19.9 Å². The third-order valence-corrected chi connectivity index (χ3v) is 3.66. The number of alkyl halides is 1. The van der Waals surface area contributed by atoms with Gasteiger partial charge in [-0.25, -0.2) is 14.4 Å². The second-order valence-corrected chi connectivity index (χ2v) is 5.94. The maximum atomic E-state index is 13.4. The first kappa shape index (κ1) is 14.3. The highest BCUT2D eigenvalue weighted by Crippen LogP contribution is 2.29. The molecule has 1 unspecified atom stereocenters. The van der Waals surface area contributed by atoms with Crippen molar-refractivity contribution >= 4 is 34.4 Å². The van der Waals surface area contributed by atoms with Crippen molar-refractivity contribution in [3.05, 3.63) is 52.7 Å². The molecule has 0 saturated heterocycles. The molecule has 0 N–H and O–H groups in total. The molecule has 0 aliphatic carbocycles. The molecule has 0 saturated carbocycles. The first-order chi connectivity index (χ1) is 9.97. The second-order valence-electron chi connectivity index (χ2n) is 4.88. The molecule has 0 fully saturated rings. The van der Waals surface area contributed by atoms with Crippen molar-refractivity contribution in [1.29, 1.82) is 0 Å². The van der Waals surface area contributed by atoms with E-state index in [1.165, 1.54) is 6.07 Å². The van der Waals surface area contributed by atoms with Crippen LogP contribution in [0.4, 0.5) is 4.39 Å². The summed E-state index contributed by atoms with van der Waals surface area (Å²) in [6.45, 7) is 3.78. The van der Waals surface area contributed by atoms with Gasteiger partial charge in [-0.05, 0) is 43.7 Å². The van der Waals surface area contributed by atoms with E-state index in [-0.39, 0.29) is 10.4 Å². The molecular formula is C15H12Cl2FN3. The molecule has 3 aromatic rings. The van der Waals surface area contributed by atoms with Gasteiger partial charge in [-0.3, -0.25) is 4.57 Å². The van der Waals surface area contributed by atoms with Crippen LogP contribution in [0.3, 0.4) is 0 Å². The zero-order chi connectivity index (χ0) is 15.1. The molecule has 3 nitrogen and oxygen atoms in total. The molecule has 0 bridgehead atoms. The summed E-state index contributed by atoms with van der Waals surface area (Å²) in [6, 6.07) is 6.43. The van der Waals surface area contributed by atoms with Crippen LogP contribution in [0.2, 0.25) is 5.02 Å². The number of fused-ring (bicyclic) bond motifs is 1. The van der Waals surface area contributed by atoms with Crippen molar-refractivity contribution in [3.8, 4) is 5.69 Å². The number of halogens is 3. The summed E-state index contributed by atoms with van der Waals surface area (Å²) in [5.74, 6) is 0.182.